The third kappa shape index (κ3) is 9140. The van der Waals surface area contributed by atoms with Crippen molar-refractivity contribution in [3.63, 3.8) is 0 Å². The van der Waals surface area contributed by atoms with Gasteiger partial charge < -0.3 is 32.5 Å². The Balaban J connectivity index is -0.0000000180. The molecule has 0 unspecified atom stereocenters. The van der Waals surface area contributed by atoms with Gasteiger partial charge in [-0.05, 0) is 0 Å². The molecule has 19 heavy (non-hydrogen) atoms. The summed E-state index contributed by atoms with van der Waals surface area (Å²) < 4.78 is 0. The monoisotopic (exact) mass is 400 g/mol. The fourth-order valence-corrected chi connectivity index (χ4v) is 0. The first kappa shape index (κ1) is 42.9. The van der Waals surface area contributed by atoms with Crippen molar-refractivity contribution < 1.29 is 17.4 Å². The van der Waals surface area contributed by atoms with Crippen LogP contribution in [0.15, 0.2) is 0 Å². The van der Waals surface area contributed by atoms with Gasteiger partial charge in [-0.2, -0.15) is 31.0 Å². The molecule has 0 aliphatic carbocycles. The molecule has 0 aromatic carbocycles. The van der Waals surface area contributed by atoms with Crippen molar-refractivity contribution in [3.8, 4) is 0 Å². The van der Waals surface area contributed by atoms with Crippen LogP contribution in [0, 0.1) is 0 Å². The fraction of sp³-hybridized carbons (Fsp3) is 0. The van der Waals surface area contributed by atoms with Crippen LogP contribution < -0.4 is 0 Å². The van der Waals surface area contributed by atoms with Crippen molar-refractivity contribution in [2.75, 3.05) is 0 Å². The van der Waals surface area contributed by atoms with E-state index in [0.29, 0.717) is 0 Å². The Morgan fingerprint density at radius 1 is 0.368 bits per heavy atom. The Labute approximate surface area is 153 Å². The average molecular weight is 401 g/mol. The van der Waals surface area contributed by atoms with E-state index < -0.39 is 0 Å². The Morgan fingerprint density at radius 3 is 0.368 bits per heavy atom. The second kappa shape index (κ2) is 163. The van der Waals surface area contributed by atoms with E-state index in [9.17, 15) is 0 Å². The number of isothiocyanates is 6. The maximum atomic E-state index is 7.13. The van der Waals surface area contributed by atoms with Crippen LogP contribution in [0.2, 0.25) is 0 Å². The van der Waals surface area contributed by atoms with Crippen molar-refractivity contribution in [1.82, 2.24) is 0 Å². The molecule has 0 spiro atoms. The molecule has 0 radical (unpaired) electrons. The molecular weight excluding hydrogens is 401 g/mol. The molecule has 0 heterocycles. The number of thiocarbonyl (C=S) groups is 6. The van der Waals surface area contributed by atoms with Crippen LogP contribution in [-0.2, 0) is 17.4 Å². The van der Waals surface area contributed by atoms with E-state index in [2.05, 4.69) is 73.3 Å². The maximum Gasteiger partial charge on any atom is 6.00 e. The maximum absolute atomic E-state index is 7.13. The summed E-state index contributed by atoms with van der Waals surface area (Å²) >= 11 is 22.2. The van der Waals surface area contributed by atoms with E-state index in [-0.39, 0.29) is 17.4 Å². The summed E-state index contributed by atoms with van der Waals surface area (Å²) in [5.74, 6) is 0. The predicted molar refractivity (Wildman–Crippen MR) is 95.7 cm³/mol. The Kier molecular flexibility index (Phi) is 367. The minimum absolute atomic E-state index is 0. The van der Waals surface area contributed by atoms with Crippen LogP contribution in [0.5, 0.6) is 0 Å². The second-order valence-corrected chi connectivity index (χ2v) is 1.64. The summed E-state index contributed by atoms with van der Waals surface area (Å²) in [4.78, 5) is 0. The van der Waals surface area contributed by atoms with Crippen LogP contribution in [0.3, 0.4) is 0 Å². The molecule has 0 N–H and O–H groups in total. The minimum Gasteiger partial charge on any atom is -0.753 e. The minimum atomic E-state index is 0. The number of nitrogens with zero attached hydrogens (tertiary/aromatic N) is 6. The molecule has 13 heteroatoms. The van der Waals surface area contributed by atoms with Gasteiger partial charge in [0.1, 0.15) is 0 Å². The summed E-state index contributed by atoms with van der Waals surface area (Å²) in [5, 5.41) is 50.8. The molecular formula is C6CrN6S6. The van der Waals surface area contributed by atoms with Gasteiger partial charge in [0, 0.05) is 0 Å². The van der Waals surface area contributed by atoms with Gasteiger partial charge in [0.15, 0.2) is 0 Å². The molecule has 0 aromatic heterocycles. The van der Waals surface area contributed by atoms with Crippen LogP contribution in [0.25, 0.3) is 32.5 Å². The molecule has 0 bridgehead atoms. The molecule has 0 aliphatic heterocycles. The van der Waals surface area contributed by atoms with E-state index in [0.717, 1.165) is 0 Å². The van der Waals surface area contributed by atoms with Gasteiger partial charge in [0.05, 0.1) is 0 Å². The van der Waals surface area contributed by atoms with Crippen LogP contribution in [-0.4, -0.2) is 31.0 Å². The summed E-state index contributed by atoms with van der Waals surface area (Å²) in [5.41, 5.74) is 0. The third-order valence-electron chi connectivity index (χ3n) is 0. The molecule has 0 amide bonds. The summed E-state index contributed by atoms with van der Waals surface area (Å²) in [6.45, 7) is 0. The molecule has 96 valence electrons. The number of hydrogen-bond acceptors (Lipinski definition) is 6. The average Bonchev–Trinajstić information content (AvgIpc) is 2.23. The van der Waals surface area contributed by atoms with Crippen molar-refractivity contribution in [2.24, 2.45) is 0 Å². The molecule has 0 fully saturated rings. The van der Waals surface area contributed by atoms with Crippen LogP contribution >= 0.6 is 73.3 Å². The Morgan fingerprint density at radius 2 is 0.368 bits per heavy atom. The van der Waals surface area contributed by atoms with Crippen molar-refractivity contribution >= 4 is 104 Å². The molecule has 0 saturated carbocycles. The van der Waals surface area contributed by atoms with E-state index in [1.807, 2.05) is 0 Å². The summed E-state index contributed by atoms with van der Waals surface area (Å²) in [6, 6.07) is 0. The van der Waals surface area contributed by atoms with Crippen molar-refractivity contribution in [1.29, 1.82) is 0 Å². The first-order valence-electron chi connectivity index (χ1n) is 2.57. The molecule has 0 aromatic rings. The molecule has 0 rings (SSSR count). The van der Waals surface area contributed by atoms with E-state index in [1.54, 1.807) is 0 Å². The second-order valence-electron chi connectivity index (χ2n) is 0.548. The van der Waals surface area contributed by atoms with Gasteiger partial charge in [0.2, 0.25) is 0 Å². The quantitative estimate of drug-likeness (QED) is 0.446. The number of hydrogen-bond donors (Lipinski definition) is 0. The summed E-state index contributed by atoms with van der Waals surface area (Å²) in [6.07, 6.45) is 0. The largest absolute Gasteiger partial charge is 6.00 e. The molecule has 6 nitrogen and oxygen atoms in total. The van der Waals surface area contributed by atoms with Gasteiger partial charge in [0.25, 0.3) is 0 Å². The molecule has 0 aliphatic rings. The zero-order valence-electron chi connectivity index (χ0n) is 8.54. The Hall–Kier alpha value is -0.668. The van der Waals surface area contributed by atoms with Crippen molar-refractivity contribution in [3.05, 3.63) is 32.5 Å². The topological polar surface area (TPSA) is 134 Å². The number of rotatable bonds is 0. The first-order valence-corrected chi connectivity index (χ1v) is 5.02. The smallest absolute Gasteiger partial charge is 0.753 e. The zero-order chi connectivity index (χ0) is 16.2. The Bertz CT molecular complexity index is 253. The summed E-state index contributed by atoms with van der Waals surface area (Å²) in [7, 11) is 0. The fourth-order valence-electron chi connectivity index (χ4n) is 0. The van der Waals surface area contributed by atoms with Gasteiger partial charge in [-0.1, -0.05) is 73.3 Å². The first-order chi connectivity index (χ1) is 8.49. The van der Waals surface area contributed by atoms with Crippen LogP contribution in [0.4, 0.5) is 0 Å². The SMILES string of the molecule is [Cr+6].[N-]=C=S.[N-]=C=S.[N-]=C=S.[N-]=C=S.[N-]=C=S.[N-]=C=S. The van der Waals surface area contributed by atoms with Gasteiger partial charge in [-0.3, -0.25) is 0 Å². The van der Waals surface area contributed by atoms with Crippen molar-refractivity contribution in [2.45, 2.75) is 0 Å². The standard InChI is InChI=1S/6CNS.Cr/c6*2-1-3;/q6*-1;+6. The van der Waals surface area contributed by atoms with Gasteiger partial charge >= 0.3 is 17.4 Å². The van der Waals surface area contributed by atoms with E-state index in [4.69, 9.17) is 32.5 Å². The molecule has 0 atom stereocenters. The van der Waals surface area contributed by atoms with E-state index >= 15 is 0 Å². The van der Waals surface area contributed by atoms with Gasteiger partial charge in [-0.25, -0.2) is 0 Å². The third-order valence-corrected chi connectivity index (χ3v) is 0. The zero-order valence-corrected chi connectivity index (χ0v) is 14.7. The predicted octanol–water partition coefficient (Wildman–Crippen LogP) is 3.95. The normalized spacial score (nSPS) is 2.53. The molecule has 0 saturated heterocycles. The van der Waals surface area contributed by atoms with Gasteiger partial charge in [-0.15, -0.1) is 0 Å². The van der Waals surface area contributed by atoms with Crippen LogP contribution in [0.1, 0.15) is 0 Å². The van der Waals surface area contributed by atoms with E-state index in [1.165, 1.54) is 31.0 Å².